The van der Waals surface area contributed by atoms with Gasteiger partial charge in [0.2, 0.25) is 0 Å². The van der Waals surface area contributed by atoms with Crippen LogP contribution in [-0.2, 0) is 6.42 Å². The quantitative estimate of drug-likeness (QED) is 0.713. The van der Waals surface area contributed by atoms with E-state index in [9.17, 15) is 4.39 Å². The molecular formula is C15H9BrFN3. The maximum Gasteiger partial charge on any atom is 0.139 e. The summed E-state index contributed by atoms with van der Waals surface area (Å²) in [6, 6.07) is 12.8. The molecule has 3 rings (SSSR count). The highest BCUT2D eigenvalue weighted by Crippen LogP contribution is 2.26. The summed E-state index contributed by atoms with van der Waals surface area (Å²) in [6.45, 7) is 0. The standard InChI is InChI=1S/C15H9BrFN3/c16-11-3-1-10(2-4-11)15-13(7-8-18)20-9-12(17)5-6-14(20)19-15/h1-6,9H,7H2. The van der Waals surface area contributed by atoms with Crippen molar-refractivity contribution in [2.75, 3.05) is 0 Å². The lowest BCUT2D eigenvalue weighted by Crippen LogP contribution is -1.94. The average Bonchev–Trinajstić information content (AvgIpc) is 2.79. The molecule has 0 N–H and O–H groups in total. The Bertz CT molecular complexity index is 815. The van der Waals surface area contributed by atoms with Crippen LogP contribution in [-0.4, -0.2) is 9.38 Å². The molecule has 2 aromatic heterocycles. The summed E-state index contributed by atoms with van der Waals surface area (Å²) in [5.41, 5.74) is 2.95. The highest BCUT2D eigenvalue weighted by Gasteiger charge is 2.14. The van der Waals surface area contributed by atoms with Crippen molar-refractivity contribution in [2.45, 2.75) is 6.42 Å². The zero-order valence-corrected chi connectivity index (χ0v) is 11.9. The minimum atomic E-state index is -0.351. The summed E-state index contributed by atoms with van der Waals surface area (Å²) >= 11 is 3.38. The zero-order chi connectivity index (χ0) is 14.1. The SMILES string of the molecule is N#CCc1c(-c2ccc(Br)cc2)nc2ccc(F)cn12. The molecule has 3 aromatic rings. The maximum atomic E-state index is 13.4. The van der Waals surface area contributed by atoms with Crippen LogP contribution in [0.4, 0.5) is 4.39 Å². The lowest BCUT2D eigenvalue weighted by molar-refractivity contribution is 0.618. The Labute approximate surface area is 123 Å². The van der Waals surface area contributed by atoms with Crippen molar-refractivity contribution in [3.05, 3.63) is 58.6 Å². The van der Waals surface area contributed by atoms with Crippen LogP contribution >= 0.6 is 15.9 Å². The van der Waals surface area contributed by atoms with Gasteiger partial charge in [-0.15, -0.1) is 0 Å². The second-order valence-corrected chi connectivity index (χ2v) is 5.24. The van der Waals surface area contributed by atoms with Crippen LogP contribution in [0.2, 0.25) is 0 Å². The highest BCUT2D eigenvalue weighted by atomic mass is 79.9. The predicted octanol–water partition coefficient (Wildman–Crippen LogP) is 3.97. The van der Waals surface area contributed by atoms with Gasteiger partial charge in [-0.25, -0.2) is 9.37 Å². The van der Waals surface area contributed by atoms with Gasteiger partial charge >= 0.3 is 0 Å². The van der Waals surface area contributed by atoms with Gasteiger partial charge in [-0.1, -0.05) is 28.1 Å². The van der Waals surface area contributed by atoms with Crippen molar-refractivity contribution in [1.82, 2.24) is 9.38 Å². The Kier molecular flexibility index (Phi) is 3.25. The number of fused-ring (bicyclic) bond motifs is 1. The van der Waals surface area contributed by atoms with E-state index in [0.29, 0.717) is 17.0 Å². The van der Waals surface area contributed by atoms with Crippen molar-refractivity contribution in [3.63, 3.8) is 0 Å². The van der Waals surface area contributed by atoms with E-state index in [-0.39, 0.29) is 12.2 Å². The molecular weight excluding hydrogens is 321 g/mol. The Morgan fingerprint density at radius 3 is 2.65 bits per heavy atom. The van der Waals surface area contributed by atoms with Crippen LogP contribution in [0.15, 0.2) is 47.1 Å². The molecule has 0 bridgehead atoms. The minimum absolute atomic E-state index is 0.177. The molecule has 0 radical (unpaired) electrons. The fourth-order valence-corrected chi connectivity index (χ4v) is 2.41. The first kappa shape index (κ1) is 12.8. The van der Waals surface area contributed by atoms with Crippen LogP contribution in [0, 0.1) is 17.1 Å². The number of aromatic nitrogens is 2. The van der Waals surface area contributed by atoms with E-state index >= 15 is 0 Å². The number of nitriles is 1. The van der Waals surface area contributed by atoms with E-state index in [1.165, 1.54) is 12.3 Å². The topological polar surface area (TPSA) is 41.1 Å². The fraction of sp³-hybridized carbons (Fsp3) is 0.0667. The molecule has 0 amide bonds. The molecule has 98 valence electrons. The van der Waals surface area contributed by atoms with Gasteiger partial charge in [-0.2, -0.15) is 5.26 Å². The van der Waals surface area contributed by atoms with Crippen LogP contribution in [0.25, 0.3) is 16.9 Å². The van der Waals surface area contributed by atoms with Crippen molar-refractivity contribution in [1.29, 1.82) is 5.26 Å². The fourth-order valence-electron chi connectivity index (χ4n) is 2.15. The molecule has 0 aliphatic heterocycles. The largest absolute Gasteiger partial charge is 0.299 e. The normalized spacial score (nSPS) is 10.7. The van der Waals surface area contributed by atoms with Crippen LogP contribution < -0.4 is 0 Å². The van der Waals surface area contributed by atoms with E-state index in [4.69, 9.17) is 5.26 Å². The lowest BCUT2D eigenvalue weighted by atomic mass is 10.1. The maximum absolute atomic E-state index is 13.4. The molecule has 0 saturated heterocycles. The number of halogens is 2. The predicted molar refractivity (Wildman–Crippen MR) is 77.6 cm³/mol. The Morgan fingerprint density at radius 1 is 1.20 bits per heavy atom. The number of rotatable bonds is 2. The number of imidazole rings is 1. The number of benzene rings is 1. The Balaban J connectivity index is 2.26. The molecule has 3 nitrogen and oxygen atoms in total. The summed E-state index contributed by atoms with van der Waals surface area (Å²) in [7, 11) is 0. The minimum Gasteiger partial charge on any atom is -0.299 e. The van der Waals surface area contributed by atoms with Crippen LogP contribution in [0.3, 0.4) is 0 Å². The third-order valence-corrected chi connectivity index (χ3v) is 3.57. The molecule has 1 aromatic carbocycles. The first-order valence-electron chi connectivity index (χ1n) is 5.98. The summed E-state index contributed by atoms with van der Waals surface area (Å²) in [4.78, 5) is 4.50. The van der Waals surface area contributed by atoms with Gasteiger partial charge in [0, 0.05) is 16.2 Å². The smallest absolute Gasteiger partial charge is 0.139 e. The first-order valence-corrected chi connectivity index (χ1v) is 6.78. The van der Waals surface area contributed by atoms with Crippen molar-refractivity contribution < 1.29 is 4.39 Å². The van der Waals surface area contributed by atoms with Gasteiger partial charge in [0.05, 0.1) is 23.9 Å². The van der Waals surface area contributed by atoms with E-state index in [2.05, 4.69) is 27.0 Å². The van der Waals surface area contributed by atoms with Gasteiger partial charge in [-0.3, -0.25) is 4.40 Å². The molecule has 0 aliphatic carbocycles. The summed E-state index contributed by atoms with van der Waals surface area (Å²) in [5, 5.41) is 8.99. The monoisotopic (exact) mass is 329 g/mol. The van der Waals surface area contributed by atoms with E-state index in [0.717, 1.165) is 10.0 Å². The van der Waals surface area contributed by atoms with Gasteiger partial charge in [0.25, 0.3) is 0 Å². The number of nitrogens with zero attached hydrogens (tertiary/aromatic N) is 3. The van der Waals surface area contributed by atoms with Crippen LogP contribution in [0.5, 0.6) is 0 Å². The number of hydrogen-bond acceptors (Lipinski definition) is 2. The van der Waals surface area contributed by atoms with Gasteiger partial charge < -0.3 is 0 Å². The number of hydrogen-bond donors (Lipinski definition) is 0. The van der Waals surface area contributed by atoms with Crippen molar-refractivity contribution in [2.24, 2.45) is 0 Å². The van der Waals surface area contributed by atoms with E-state index < -0.39 is 0 Å². The molecule has 0 fully saturated rings. The molecule has 0 saturated carbocycles. The molecule has 0 atom stereocenters. The van der Waals surface area contributed by atoms with Gasteiger partial charge in [-0.05, 0) is 24.3 Å². The van der Waals surface area contributed by atoms with E-state index in [1.54, 1.807) is 10.5 Å². The molecule has 0 aliphatic rings. The third kappa shape index (κ3) is 2.19. The Hall–Kier alpha value is -2.19. The number of pyridine rings is 1. The summed E-state index contributed by atoms with van der Waals surface area (Å²) in [5.74, 6) is -0.351. The second-order valence-electron chi connectivity index (χ2n) is 4.32. The third-order valence-electron chi connectivity index (χ3n) is 3.05. The Morgan fingerprint density at radius 2 is 1.95 bits per heavy atom. The zero-order valence-electron chi connectivity index (χ0n) is 10.3. The highest BCUT2D eigenvalue weighted by molar-refractivity contribution is 9.10. The molecule has 5 heteroatoms. The van der Waals surface area contributed by atoms with Gasteiger partial charge in [0.15, 0.2) is 0 Å². The summed E-state index contributed by atoms with van der Waals surface area (Å²) < 4.78 is 16.0. The van der Waals surface area contributed by atoms with E-state index in [1.807, 2.05) is 24.3 Å². The average molecular weight is 330 g/mol. The molecule has 2 heterocycles. The summed E-state index contributed by atoms with van der Waals surface area (Å²) in [6.07, 6.45) is 1.54. The molecule has 0 spiro atoms. The van der Waals surface area contributed by atoms with Crippen LogP contribution in [0.1, 0.15) is 5.69 Å². The lowest BCUT2D eigenvalue weighted by Gasteiger charge is -2.01. The molecule has 20 heavy (non-hydrogen) atoms. The van der Waals surface area contributed by atoms with Crippen molar-refractivity contribution >= 4 is 21.6 Å². The second kappa shape index (κ2) is 5.06. The van der Waals surface area contributed by atoms with Gasteiger partial charge in [0.1, 0.15) is 11.5 Å². The van der Waals surface area contributed by atoms with Crippen molar-refractivity contribution in [3.8, 4) is 17.3 Å². The molecule has 0 unspecified atom stereocenters. The first-order chi connectivity index (χ1) is 9.69.